The Balaban J connectivity index is 1.60. The molecule has 0 N–H and O–H groups in total. The molecule has 23 heavy (non-hydrogen) atoms. The minimum atomic E-state index is -2.60. The van der Waals surface area contributed by atoms with E-state index in [1.165, 1.54) is 12.1 Å². The number of hydrogen-bond donors (Lipinski definition) is 0. The molecule has 1 saturated carbocycles. The van der Waals surface area contributed by atoms with Crippen LogP contribution >= 0.6 is 0 Å². The van der Waals surface area contributed by atoms with Crippen molar-refractivity contribution in [2.24, 2.45) is 5.92 Å². The zero-order chi connectivity index (χ0) is 16.4. The highest BCUT2D eigenvalue weighted by atomic mass is 19.3. The number of alkyl halides is 2. The Morgan fingerprint density at radius 1 is 1.13 bits per heavy atom. The van der Waals surface area contributed by atoms with Crippen molar-refractivity contribution in [2.45, 2.75) is 38.0 Å². The van der Waals surface area contributed by atoms with Gasteiger partial charge in [0.25, 0.3) is 0 Å². The molecule has 2 aliphatic rings. The summed E-state index contributed by atoms with van der Waals surface area (Å²) in [6.07, 6.45) is 2.86. The van der Waals surface area contributed by atoms with Crippen molar-refractivity contribution in [3.63, 3.8) is 0 Å². The molecule has 1 aliphatic carbocycles. The molecule has 0 saturated heterocycles. The van der Waals surface area contributed by atoms with Crippen molar-refractivity contribution in [2.75, 3.05) is 13.1 Å². The van der Waals surface area contributed by atoms with E-state index in [-0.39, 0.29) is 43.3 Å². The molecule has 0 bridgehead atoms. The van der Waals surface area contributed by atoms with Gasteiger partial charge in [0, 0.05) is 31.8 Å². The number of amides is 1. The van der Waals surface area contributed by atoms with Crippen LogP contribution < -0.4 is 0 Å². The Bertz CT molecular complexity index is 599. The molecule has 2 nitrogen and oxygen atoms in total. The summed E-state index contributed by atoms with van der Waals surface area (Å²) >= 11 is 0. The largest absolute Gasteiger partial charge is 0.338 e. The number of benzene rings is 1. The molecule has 0 radical (unpaired) electrons. The smallest absolute Gasteiger partial charge is 0.248 e. The fourth-order valence-corrected chi connectivity index (χ4v) is 3.34. The molecule has 0 aromatic heterocycles. The lowest BCUT2D eigenvalue weighted by atomic mass is 9.85. The second-order valence-electron chi connectivity index (χ2n) is 6.40. The molecule has 1 aromatic carbocycles. The van der Waals surface area contributed by atoms with E-state index >= 15 is 0 Å². The van der Waals surface area contributed by atoms with Gasteiger partial charge < -0.3 is 4.90 Å². The highest BCUT2D eigenvalue weighted by molar-refractivity contribution is 5.80. The maximum atomic E-state index is 13.2. The van der Waals surface area contributed by atoms with Crippen molar-refractivity contribution >= 4 is 11.5 Å². The summed E-state index contributed by atoms with van der Waals surface area (Å²) in [6, 6.07) is 6.33. The summed E-state index contributed by atoms with van der Waals surface area (Å²) in [5.41, 5.74) is 2.07. The molecule has 0 atom stereocenters. The topological polar surface area (TPSA) is 20.3 Å². The van der Waals surface area contributed by atoms with Crippen LogP contribution in [0.4, 0.5) is 13.2 Å². The van der Waals surface area contributed by atoms with Gasteiger partial charge in [0.05, 0.1) is 0 Å². The number of carbonyl (C=O) groups excluding carboxylic acids is 1. The van der Waals surface area contributed by atoms with Gasteiger partial charge in [-0.2, -0.15) is 0 Å². The Morgan fingerprint density at radius 2 is 1.78 bits per heavy atom. The first-order valence-corrected chi connectivity index (χ1v) is 8.06. The molecule has 0 unspecified atom stereocenters. The Morgan fingerprint density at radius 3 is 2.35 bits per heavy atom. The van der Waals surface area contributed by atoms with Crippen molar-refractivity contribution < 1.29 is 18.0 Å². The number of halogens is 3. The third-order valence-electron chi connectivity index (χ3n) is 4.80. The van der Waals surface area contributed by atoms with Gasteiger partial charge in [0.15, 0.2) is 0 Å². The zero-order valence-corrected chi connectivity index (χ0v) is 12.9. The Hall–Kier alpha value is -1.78. The highest BCUT2D eigenvalue weighted by Gasteiger charge is 2.38. The third-order valence-corrected chi connectivity index (χ3v) is 4.80. The average molecular weight is 323 g/mol. The van der Waals surface area contributed by atoms with Crippen LogP contribution in [0.1, 0.15) is 37.7 Å². The Labute approximate surface area is 134 Å². The van der Waals surface area contributed by atoms with Gasteiger partial charge in [-0.05, 0) is 42.5 Å². The summed E-state index contributed by atoms with van der Waals surface area (Å²) in [6.45, 7) is 1.09. The van der Waals surface area contributed by atoms with Crippen LogP contribution in [0, 0.1) is 11.7 Å². The van der Waals surface area contributed by atoms with Crippen molar-refractivity contribution in [3.05, 3.63) is 41.7 Å². The number of hydrogen-bond acceptors (Lipinski definition) is 1. The fraction of sp³-hybridized carbons (Fsp3) is 0.500. The van der Waals surface area contributed by atoms with Gasteiger partial charge >= 0.3 is 0 Å². The summed E-state index contributed by atoms with van der Waals surface area (Å²) in [5, 5.41) is 0. The molecular weight excluding hydrogens is 303 g/mol. The number of rotatable bonds is 2. The molecule has 1 heterocycles. The molecule has 124 valence electrons. The first-order chi connectivity index (χ1) is 10.9. The molecule has 5 heteroatoms. The lowest BCUT2D eigenvalue weighted by Crippen LogP contribution is -2.41. The van der Waals surface area contributed by atoms with Crippen LogP contribution in [0.5, 0.6) is 0 Å². The predicted octanol–water partition coefficient (Wildman–Crippen LogP) is 4.27. The summed E-state index contributed by atoms with van der Waals surface area (Å²) in [7, 11) is 0. The highest BCUT2D eigenvalue weighted by Crippen LogP contribution is 2.37. The van der Waals surface area contributed by atoms with Crippen LogP contribution in [0.25, 0.3) is 5.57 Å². The third kappa shape index (κ3) is 3.77. The number of nitrogens with zero attached hydrogens (tertiary/aromatic N) is 1. The van der Waals surface area contributed by atoms with E-state index in [1.807, 2.05) is 6.08 Å². The molecule has 1 fully saturated rings. The molecule has 1 amide bonds. The minimum absolute atomic E-state index is 0.00472. The van der Waals surface area contributed by atoms with Crippen LogP contribution in [0.2, 0.25) is 0 Å². The maximum absolute atomic E-state index is 13.2. The minimum Gasteiger partial charge on any atom is -0.338 e. The molecular formula is C18H20F3NO. The molecule has 0 spiro atoms. The molecule has 1 aromatic rings. The standard InChI is InChI=1S/C18H20F3NO/c19-16-3-1-13(2-4-16)14-7-11-22(12-8-14)17(23)15-5-9-18(20,21)10-6-15/h1-4,7,15H,5-6,8-12H2. The van der Waals surface area contributed by atoms with E-state index in [1.54, 1.807) is 17.0 Å². The summed E-state index contributed by atoms with van der Waals surface area (Å²) in [5.74, 6) is -3.14. The lowest BCUT2D eigenvalue weighted by molar-refractivity contribution is -0.139. The van der Waals surface area contributed by atoms with Crippen molar-refractivity contribution in [1.29, 1.82) is 0 Å². The maximum Gasteiger partial charge on any atom is 0.248 e. The van der Waals surface area contributed by atoms with E-state index in [0.29, 0.717) is 19.5 Å². The van der Waals surface area contributed by atoms with Crippen LogP contribution in [-0.4, -0.2) is 29.8 Å². The fourth-order valence-electron chi connectivity index (χ4n) is 3.34. The molecule has 3 rings (SSSR count). The predicted molar refractivity (Wildman–Crippen MR) is 82.5 cm³/mol. The normalized spacial score (nSPS) is 21.9. The van der Waals surface area contributed by atoms with Gasteiger partial charge in [-0.3, -0.25) is 4.79 Å². The first kappa shape index (κ1) is 16.1. The van der Waals surface area contributed by atoms with Gasteiger partial charge in [0.2, 0.25) is 11.8 Å². The van der Waals surface area contributed by atoms with Gasteiger partial charge in [0.1, 0.15) is 5.82 Å². The van der Waals surface area contributed by atoms with E-state index in [4.69, 9.17) is 0 Å². The van der Waals surface area contributed by atoms with Gasteiger partial charge in [-0.1, -0.05) is 18.2 Å². The zero-order valence-electron chi connectivity index (χ0n) is 12.9. The lowest BCUT2D eigenvalue weighted by Gasteiger charge is -2.33. The average Bonchev–Trinajstić information content (AvgIpc) is 2.55. The van der Waals surface area contributed by atoms with Crippen LogP contribution in [0.3, 0.4) is 0 Å². The van der Waals surface area contributed by atoms with Crippen LogP contribution in [-0.2, 0) is 4.79 Å². The monoisotopic (exact) mass is 323 g/mol. The van der Waals surface area contributed by atoms with E-state index < -0.39 is 5.92 Å². The van der Waals surface area contributed by atoms with Crippen molar-refractivity contribution in [3.8, 4) is 0 Å². The van der Waals surface area contributed by atoms with Gasteiger partial charge in [-0.25, -0.2) is 13.2 Å². The quantitative estimate of drug-likeness (QED) is 0.796. The molecule has 1 aliphatic heterocycles. The summed E-state index contributed by atoms with van der Waals surface area (Å²) in [4.78, 5) is 14.2. The Kier molecular flexibility index (Phi) is 4.46. The first-order valence-electron chi connectivity index (χ1n) is 8.06. The van der Waals surface area contributed by atoms with Crippen LogP contribution in [0.15, 0.2) is 30.3 Å². The summed E-state index contributed by atoms with van der Waals surface area (Å²) < 4.78 is 39.3. The van der Waals surface area contributed by atoms with E-state index in [0.717, 1.165) is 11.1 Å². The second-order valence-corrected chi connectivity index (χ2v) is 6.40. The number of carbonyl (C=O) groups is 1. The van der Waals surface area contributed by atoms with Gasteiger partial charge in [-0.15, -0.1) is 0 Å². The van der Waals surface area contributed by atoms with E-state index in [9.17, 15) is 18.0 Å². The second kappa shape index (κ2) is 6.38. The SMILES string of the molecule is O=C(C1CCC(F)(F)CC1)N1CC=C(c2ccc(F)cc2)CC1. The van der Waals surface area contributed by atoms with E-state index in [2.05, 4.69) is 0 Å². The van der Waals surface area contributed by atoms with Crippen molar-refractivity contribution in [1.82, 2.24) is 4.90 Å².